The number of carboxylic acids is 1. The average Bonchev–Trinajstić information content (AvgIpc) is 2.69. The first kappa shape index (κ1) is 12.6. The van der Waals surface area contributed by atoms with Crippen molar-refractivity contribution < 1.29 is 9.90 Å². The Labute approximate surface area is 108 Å². The lowest BCUT2D eigenvalue weighted by molar-refractivity contribution is -0.133. The van der Waals surface area contributed by atoms with Crippen LogP contribution in [0, 0.1) is 5.92 Å². The predicted octanol–water partition coefficient (Wildman–Crippen LogP) is 1.95. The molecule has 17 heavy (non-hydrogen) atoms. The first-order chi connectivity index (χ1) is 8.15. The highest BCUT2D eigenvalue weighted by Crippen LogP contribution is 2.31. The van der Waals surface area contributed by atoms with Gasteiger partial charge in [0.05, 0.1) is 5.75 Å². The molecule has 0 aliphatic heterocycles. The minimum Gasteiger partial charge on any atom is -0.481 e. The molecule has 5 nitrogen and oxygen atoms in total. The van der Waals surface area contributed by atoms with E-state index in [9.17, 15) is 4.79 Å². The molecule has 0 spiro atoms. The molecule has 0 unspecified atom stereocenters. The molecule has 1 aliphatic carbocycles. The van der Waals surface area contributed by atoms with Crippen molar-refractivity contribution in [3.63, 3.8) is 0 Å². The summed E-state index contributed by atoms with van der Waals surface area (Å²) in [5, 5.41) is 17.5. The Kier molecular flexibility index (Phi) is 4.22. The summed E-state index contributed by atoms with van der Waals surface area (Å²) < 4.78 is 0.725. The van der Waals surface area contributed by atoms with Gasteiger partial charge in [-0.25, -0.2) is 0 Å². The van der Waals surface area contributed by atoms with Crippen LogP contribution in [0.2, 0.25) is 0 Å². The van der Waals surface area contributed by atoms with Crippen LogP contribution in [0.4, 0.5) is 5.13 Å². The van der Waals surface area contributed by atoms with Crippen LogP contribution >= 0.6 is 23.1 Å². The molecule has 7 heteroatoms. The molecule has 2 rings (SSSR count). The van der Waals surface area contributed by atoms with E-state index in [1.165, 1.54) is 42.4 Å². The maximum atomic E-state index is 10.4. The fraction of sp³-hybridized carbons (Fsp3) is 0.700. The highest BCUT2D eigenvalue weighted by molar-refractivity contribution is 8.01. The van der Waals surface area contributed by atoms with Gasteiger partial charge in [0.1, 0.15) is 0 Å². The third kappa shape index (κ3) is 3.57. The lowest BCUT2D eigenvalue weighted by atomic mass is 9.85. The normalized spacial score (nSPS) is 15.6. The summed E-state index contributed by atoms with van der Waals surface area (Å²) in [7, 11) is 2.02. The van der Waals surface area contributed by atoms with Gasteiger partial charge in [0.25, 0.3) is 0 Å². The Morgan fingerprint density at radius 2 is 2.35 bits per heavy atom. The van der Waals surface area contributed by atoms with Crippen LogP contribution in [0.5, 0.6) is 0 Å². The Balaban J connectivity index is 1.85. The number of carbonyl (C=O) groups is 1. The minimum absolute atomic E-state index is 0.0426. The highest BCUT2D eigenvalue weighted by Gasteiger charge is 2.20. The monoisotopic (exact) mass is 273 g/mol. The minimum atomic E-state index is -0.824. The van der Waals surface area contributed by atoms with E-state index in [1.807, 2.05) is 7.05 Å². The summed E-state index contributed by atoms with van der Waals surface area (Å²) in [6.07, 6.45) is 3.96. The Morgan fingerprint density at radius 3 is 2.94 bits per heavy atom. The van der Waals surface area contributed by atoms with Crippen LogP contribution in [-0.4, -0.2) is 40.6 Å². The lowest BCUT2D eigenvalue weighted by Crippen LogP contribution is -2.29. The lowest BCUT2D eigenvalue weighted by Gasteiger charge is -2.29. The molecule has 1 aliphatic rings. The van der Waals surface area contributed by atoms with E-state index in [4.69, 9.17) is 5.11 Å². The Morgan fingerprint density at radius 1 is 1.59 bits per heavy atom. The van der Waals surface area contributed by atoms with Crippen molar-refractivity contribution in [2.75, 3.05) is 24.2 Å². The standard InChI is InChI=1S/C10H15N3O2S2/c1-13(5-7-3-2-4-7)9-11-12-10(17-9)16-6-8(14)15/h7H,2-6H2,1H3,(H,14,15). The fourth-order valence-corrected chi connectivity index (χ4v) is 3.21. The van der Waals surface area contributed by atoms with E-state index in [0.717, 1.165) is 21.9 Å². The number of thioether (sulfide) groups is 1. The first-order valence-electron chi connectivity index (χ1n) is 5.54. The van der Waals surface area contributed by atoms with Crippen LogP contribution in [0.15, 0.2) is 4.34 Å². The molecular weight excluding hydrogens is 258 g/mol. The summed E-state index contributed by atoms with van der Waals surface area (Å²) in [4.78, 5) is 12.5. The van der Waals surface area contributed by atoms with E-state index in [-0.39, 0.29) is 5.75 Å². The number of nitrogens with zero attached hydrogens (tertiary/aromatic N) is 3. The zero-order chi connectivity index (χ0) is 12.3. The van der Waals surface area contributed by atoms with E-state index in [1.54, 1.807) is 0 Å². The topological polar surface area (TPSA) is 66.3 Å². The SMILES string of the molecule is CN(CC1CCC1)c1nnc(SCC(=O)O)s1. The summed E-state index contributed by atoms with van der Waals surface area (Å²) in [5.74, 6) is 0.00892. The largest absolute Gasteiger partial charge is 0.481 e. The molecule has 1 N–H and O–H groups in total. The molecule has 1 fully saturated rings. The van der Waals surface area contributed by atoms with Crippen LogP contribution in [0.1, 0.15) is 19.3 Å². The second kappa shape index (κ2) is 5.68. The highest BCUT2D eigenvalue weighted by atomic mass is 32.2. The van der Waals surface area contributed by atoms with Gasteiger partial charge in [-0.3, -0.25) is 4.79 Å². The molecule has 1 aromatic rings. The number of hydrogen-bond acceptors (Lipinski definition) is 6. The maximum absolute atomic E-state index is 10.4. The van der Waals surface area contributed by atoms with E-state index >= 15 is 0 Å². The van der Waals surface area contributed by atoms with Crippen LogP contribution in [0.3, 0.4) is 0 Å². The van der Waals surface area contributed by atoms with Gasteiger partial charge in [0.2, 0.25) is 5.13 Å². The van der Waals surface area contributed by atoms with Gasteiger partial charge in [-0.05, 0) is 18.8 Å². The molecule has 0 bridgehead atoms. The number of rotatable bonds is 6. The number of carboxylic acid groups (broad SMARTS) is 1. The summed E-state index contributed by atoms with van der Waals surface area (Å²) in [6.45, 7) is 1.03. The zero-order valence-corrected chi connectivity index (χ0v) is 11.3. The second-order valence-corrected chi connectivity index (χ2v) is 6.39. The Bertz CT molecular complexity index is 393. The van der Waals surface area contributed by atoms with Gasteiger partial charge in [-0.15, -0.1) is 10.2 Å². The molecular formula is C10H15N3O2S2. The smallest absolute Gasteiger partial charge is 0.313 e. The number of aliphatic carboxylic acids is 1. The quantitative estimate of drug-likeness (QED) is 0.799. The molecule has 0 atom stereocenters. The Hall–Kier alpha value is -0.820. The number of anilines is 1. The van der Waals surface area contributed by atoms with E-state index in [2.05, 4.69) is 15.1 Å². The molecule has 0 amide bonds. The van der Waals surface area contributed by atoms with Gasteiger partial charge in [-0.1, -0.05) is 29.5 Å². The first-order valence-corrected chi connectivity index (χ1v) is 7.34. The molecule has 0 saturated heterocycles. The molecule has 1 aromatic heterocycles. The van der Waals surface area contributed by atoms with Crippen molar-refractivity contribution in [2.45, 2.75) is 23.6 Å². The van der Waals surface area contributed by atoms with Crippen LogP contribution < -0.4 is 4.90 Å². The van der Waals surface area contributed by atoms with Crippen molar-refractivity contribution in [2.24, 2.45) is 5.92 Å². The van der Waals surface area contributed by atoms with Gasteiger partial charge < -0.3 is 10.0 Å². The molecule has 1 heterocycles. The third-order valence-corrected chi connectivity index (χ3v) is 4.95. The summed E-state index contributed by atoms with van der Waals surface area (Å²) >= 11 is 2.69. The summed E-state index contributed by atoms with van der Waals surface area (Å²) in [5.41, 5.74) is 0. The van der Waals surface area contributed by atoms with Crippen molar-refractivity contribution >= 4 is 34.2 Å². The maximum Gasteiger partial charge on any atom is 0.313 e. The van der Waals surface area contributed by atoms with E-state index in [0.29, 0.717) is 0 Å². The molecule has 0 radical (unpaired) electrons. The van der Waals surface area contributed by atoms with E-state index < -0.39 is 5.97 Å². The van der Waals surface area contributed by atoms with Crippen LogP contribution in [-0.2, 0) is 4.79 Å². The van der Waals surface area contributed by atoms with Gasteiger partial charge >= 0.3 is 5.97 Å². The van der Waals surface area contributed by atoms with Gasteiger partial charge in [0.15, 0.2) is 4.34 Å². The number of hydrogen-bond donors (Lipinski definition) is 1. The second-order valence-electron chi connectivity index (χ2n) is 4.21. The molecule has 1 saturated carbocycles. The van der Waals surface area contributed by atoms with Crippen LogP contribution in [0.25, 0.3) is 0 Å². The predicted molar refractivity (Wildman–Crippen MR) is 68.9 cm³/mol. The fourth-order valence-electron chi connectivity index (χ4n) is 1.68. The van der Waals surface area contributed by atoms with Gasteiger partial charge in [-0.2, -0.15) is 0 Å². The molecule has 0 aromatic carbocycles. The van der Waals surface area contributed by atoms with Gasteiger partial charge in [0, 0.05) is 13.6 Å². The van der Waals surface area contributed by atoms with Crippen molar-refractivity contribution in [3.05, 3.63) is 0 Å². The summed E-state index contributed by atoms with van der Waals surface area (Å²) in [6, 6.07) is 0. The zero-order valence-electron chi connectivity index (χ0n) is 9.63. The van der Waals surface area contributed by atoms with Crippen molar-refractivity contribution in [1.82, 2.24) is 10.2 Å². The number of aromatic nitrogens is 2. The van der Waals surface area contributed by atoms with Crippen molar-refractivity contribution in [1.29, 1.82) is 0 Å². The average molecular weight is 273 g/mol. The molecule has 94 valence electrons. The third-order valence-electron chi connectivity index (χ3n) is 2.80. The van der Waals surface area contributed by atoms with Crippen molar-refractivity contribution in [3.8, 4) is 0 Å².